The highest BCUT2D eigenvalue weighted by Crippen LogP contribution is 2.17. The molecule has 1 aromatic carbocycles. The maximum absolute atomic E-state index is 12.5. The third-order valence-electron chi connectivity index (χ3n) is 5.32. The number of nitrogens with zero attached hydrogens (tertiary/aromatic N) is 2. The molecule has 1 saturated heterocycles. The third kappa shape index (κ3) is 5.37. The summed E-state index contributed by atoms with van der Waals surface area (Å²) in [6, 6.07) is 5.90. The summed E-state index contributed by atoms with van der Waals surface area (Å²) in [5.41, 5.74) is 3.22. The van der Waals surface area contributed by atoms with Crippen molar-refractivity contribution in [3.63, 3.8) is 0 Å². The molecule has 0 bridgehead atoms. The van der Waals surface area contributed by atoms with Crippen LogP contribution in [-0.2, 0) is 22.4 Å². The molecule has 1 aromatic rings. The van der Waals surface area contributed by atoms with Gasteiger partial charge in [0.1, 0.15) is 0 Å². The van der Waals surface area contributed by atoms with Gasteiger partial charge in [-0.3, -0.25) is 19.3 Å². The Morgan fingerprint density at radius 1 is 0.963 bits per heavy atom. The number of carbonyl (C=O) groups is 3. The third-order valence-corrected chi connectivity index (χ3v) is 5.32. The van der Waals surface area contributed by atoms with Crippen molar-refractivity contribution in [3.8, 4) is 0 Å². The fourth-order valence-electron chi connectivity index (χ4n) is 3.72. The number of ketones is 1. The number of aliphatic carboxylic acids is 1. The molecule has 7 nitrogen and oxygen atoms in total. The van der Waals surface area contributed by atoms with E-state index in [1.54, 1.807) is 4.90 Å². The number of benzene rings is 1. The van der Waals surface area contributed by atoms with Crippen LogP contribution in [0.25, 0.3) is 0 Å². The highest BCUT2D eigenvalue weighted by atomic mass is 16.4. The Morgan fingerprint density at radius 2 is 1.67 bits per heavy atom. The first kappa shape index (κ1) is 19.5. The lowest BCUT2D eigenvalue weighted by Crippen LogP contribution is -2.49. The van der Waals surface area contributed by atoms with Crippen LogP contribution in [0.2, 0.25) is 0 Å². The molecular formula is C20H27N3O4. The lowest BCUT2D eigenvalue weighted by molar-refractivity contribution is -0.139. The molecule has 0 saturated carbocycles. The summed E-state index contributed by atoms with van der Waals surface area (Å²) >= 11 is 0. The lowest BCUT2D eigenvalue weighted by atomic mass is 9.97. The molecule has 2 aliphatic heterocycles. The number of carboxylic acid groups (broad SMARTS) is 1. The van der Waals surface area contributed by atoms with Crippen molar-refractivity contribution in [3.05, 3.63) is 34.9 Å². The first-order chi connectivity index (χ1) is 13.0. The molecule has 3 rings (SSSR count). The van der Waals surface area contributed by atoms with Gasteiger partial charge < -0.3 is 15.3 Å². The Balaban J connectivity index is 1.48. The Morgan fingerprint density at radius 3 is 2.37 bits per heavy atom. The minimum atomic E-state index is -0.850. The Bertz CT molecular complexity index is 711. The van der Waals surface area contributed by atoms with E-state index in [2.05, 4.69) is 5.32 Å². The number of Topliss-reactive ketones (excluding diaryl/α,β-unsaturated/α-hetero) is 1. The van der Waals surface area contributed by atoms with Crippen LogP contribution in [0, 0.1) is 0 Å². The average molecular weight is 373 g/mol. The first-order valence-electron chi connectivity index (χ1n) is 9.60. The molecule has 27 heavy (non-hydrogen) atoms. The number of amides is 1. The zero-order valence-corrected chi connectivity index (χ0v) is 15.6. The number of rotatable bonds is 6. The summed E-state index contributed by atoms with van der Waals surface area (Å²) in [5.74, 6) is -0.873. The van der Waals surface area contributed by atoms with Gasteiger partial charge in [0.15, 0.2) is 5.78 Å². The molecule has 1 fully saturated rings. The Kier molecular flexibility index (Phi) is 6.58. The van der Waals surface area contributed by atoms with E-state index in [1.807, 2.05) is 23.1 Å². The van der Waals surface area contributed by atoms with E-state index in [0.29, 0.717) is 31.7 Å². The standard InChI is InChI=1S/C20H27N3O4/c24-18(17-2-1-15-5-7-21-8-6-16(15)13-17)3-4-19(25)23-11-9-22(10-12-23)14-20(26)27/h1-2,13,21H,3-12,14H2,(H,26,27). The van der Waals surface area contributed by atoms with E-state index in [4.69, 9.17) is 5.11 Å². The van der Waals surface area contributed by atoms with Crippen molar-refractivity contribution >= 4 is 17.7 Å². The predicted octanol–water partition coefficient (Wildman–Crippen LogP) is 0.567. The number of fused-ring (bicyclic) bond motifs is 1. The molecule has 146 valence electrons. The van der Waals surface area contributed by atoms with Crippen molar-refractivity contribution in [1.29, 1.82) is 0 Å². The summed E-state index contributed by atoms with van der Waals surface area (Å²) < 4.78 is 0. The monoisotopic (exact) mass is 373 g/mol. The minimum absolute atomic E-state index is 0.00729. The topological polar surface area (TPSA) is 90.0 Å². The maximum Gasteiger partial charge on any atom is 0.317 e. The fourth-order valence-corrected chi connectivity index (χ4v) is 3.72. The van der Waals surface area contributed by atoms with Crippen LogP contribution in [0.1, 0.15) is 34.3 Å². The van der Waals surface area contributed by atoms with Crippen molar-refractivity contribution in [2.45, 2.75) is 25.7 Å². The zero-order chi connectivity index (χ0) is 19.2. The second kappa shape index (κ2) is 9.10. The molecule has 7 heteroatoms. The van der Waals surface area contributed by atoms with Crippen LogP contribution in [-0.4, -0.2) is 78.4 Å². The molecule has 1 amide bonds. The molecule has 2 heterocycles. The highest BCUT2D eigenvalue weighted by molar-refractivity contribution is 5.98. The van der Waals surface area contributed by atoms with Gasteiger partial charge in [-0.15, -0.1) is 0 Å². The average Bonchev–Trinajstić information content (AvgIpc) is 2.90. The van der Waals surface area contributed by atoms with Crippen molar-refractivity contribution in [2.75, 3.05) is 45.8 Å². The quantitative estimate of drug-likeness (QED) is 0.709. The summed E-state index contributed by atoms with van der Waals surface area (Å²) in [6.07, 6.45) is 2.33. The molecule has 0 radical (unpaired) electrons. The lowest BCUT2D eigenvalue weighted by Gasteiger charge is -2.33. The molecule has 0 aromatic heterocycles. The minimum Gasteiger partial charge on any atom is -0.480 e. The number of carbonyl (C=O) groups excluding carboxylic acids is 2. The number of piperazine rings is 1. The van der Waals surface area contributed by atoms with E-state index in [-0.39, 0.29) is 31.1 Å². The van der Waals surface area contributed by atoms with Crippen LogP contribution in [0.4, 0.5) is 0 Å². The molecule has 0 unspecified atom stereocenters. The largest absolute Gasteiger partial charge is 0.480 e. The van der Waals surface area contributed by atoms with E-state index in [9.17, 15) is 14.4 Å². The van der Waals surface area contributed by atoms with E-state index < -0.39 is 5.97 Å². The van der Waals surface area contributed by atoms with Gasteiger partial charge in [-0.25, -0.2) is 0 Å². The number of hydrogen-bond acceptors (Lipinski definition) is 5. The SMILES string of the molecule is O=C(O)CN1CCN(C(=O)CCC(=O)c2ccc3c(c2)CCNCC3)CC1. The van der Waals surface area contributed by atoms with Gasteiger partial charge in [-0.05, 0) is 43.1 Å². The van der Waals surface area contributed by atoms with Crippen LogP contribution >= 0.6 is 0 Å². The van der Waals surface area contributed by atoms with Gasteiger partial charge in [0.2, 0.25) is 5.91 Å². The second-order valence-corrected chi connectivity index (χ2v) is 7.21. The molecule has 2 aliphatic rings. The van der Waals surface area contributed by atoms with Gasteiger partial charge in [0, 0.05) is 44.6 Å². The summed E-state index contributed by atoms with van der Waals surface area (Å²) in [4.78, 5) is 39.2. The summed E-state index contributed by atoms with van der Waals surface area (Å²) in [6.45, 7) is 4.06. The molecule has 0 spiro atoms. The normalized spacial score (nSPS) is 17.9. The van der Waals surface area contributed by atoms with E-state index in [1.165, 1.54) is 11.1 Å². The maximum atomic E-state index is 12.5. The second-order valence-electron chi connectivity index (χ2n) is 7.21. The van der Waals surface area contributed by atoms with Crippen LogP contribution < -0.4 is 5.32 Å². The van der Waals surface area contributed by atoms with Crippen molar-refractivity contribution in [2.24, 2.45) is 0 Å². The van der Waals surface area contributed by atoms with E-state index in [0.717, 1.165) is 25.9 Å². The Hall–Kier alpha value is -2.25. The number of nitrogens with one attached hydrogen (secondary N) is 1. The number of carboxylic acids is 1. The highest BCUT2D eigenvalue weighted by Gasteiger charge is 2.23. The van der Waals surface area contributed by atoms with Crippen LogP contribution in [0.5, 0.6) is 0 Å². The van der Waals surface area contributed by atoms with Gasteiger partial charge in [0.05, 0.1) is 6.54 Å². The number of hydrogen-bond donors (Lipinski definition) is 2. The fraction of sp³-hybridized carbons (Fsp3) is 0.550. The summed E-state index contributed by atoms with van der Waals surface area (Å²) in [7, 11) is 0. The van der Waals surface area contributed by atoms with Crippen molar-refractivity contribution < 1.29 is 19.5 Å². The molecular weight excluding hydrogens is 346 g/mol. The molecule has 0 atom stereocenters. The van der Waals surface area contributed by atoms with E-state index >= 15 is 0 Å². The van der Waals surface area contributed by atoms with Gasteiger partial charge in [-0.1, -0.05) is 12.1 Å². The zero-order valence-electron chi connectivity index (χ0n) is 15.6. The smallest absolute Gasteiger partial charge is 0.317 e. The summed E-state index contributed by atoms with van der Waals surface area (Å²) in [5, 5.41) is 12.2. The molecule has 0 aliphatic carbocycles. The van der Waals surface area contributed by atoms with Gasteiger partial charge in [0.25, 0.3) is 0 Å². The van der Waals surface area contributed by atoms with Gasteiger partial charge >= 0.3 is 5.97 Å². The van der Waals surface area contributed by atoms with Crippen LogP contribution in [0.3, 0.4) is 0 Å². The molecule has 2 N–H and O–H groups in total. The first-order valence-corrected chi connectivity index (χ1v) is 9.60. The predicted molar refractivity (Wildman–Crippen MR) is 101 cm³/mol. The van der Waals surface area contributed by atoms with Gasteiger partial charge in [-0.2, -0.15) is 0 Å². The van der Waals surface area contributed by atoms with Crippen LogP contribution in [0.15, 0.2) is 18.2 Å². The van der Waals surface area contributed by atoms with Crippen molar-refractivity contribution in [1.82, 2.24) is 15.1 Å². The Labute approximate surface area is 159 Å².